The van der Waals surface area contributed by atoms with Crippen molar-refractivity contribution in [3.63, 3.8) is 0 Å². The highest BCUT2D eigenvalue weighted by atomic mass is 32.2. The van der Waals surface area contributed by atoms with Crippen LogP contribution in [0, 0.1) is 0 Å². The molecule has 27 heavy (non-hydrogen) atoms. The van der Waals surface area contributed by atoms with E-state index in [1.807, 2.05) is 36.1 Å². The van der Waals surface area contributed by atoms with E-state index in [2.05, 4.69) is 4.99 Å². The Balaban J connectivity index is 2.16. The minimum absolute atomic E-state index is 0.428. The van der Waals surface area contributed by atoms with Crippen molar-refractivity contribution in [1.29, 1.82) is 0 Å². The number of esters is 2. The predicted molar refractivity (Wildman–Crippen MR) is 102 cm³/mol. The Morgan fingerprint density at radius 3 is 2.22 bits per heavy atom. The van der Waals surface area contributed by atoms with E-state index in [0.29, 0.717) is 32.8 Å². The van der Waals surface area contributed by atoms with Crippen LogP contribution in [0.15, 0.2) is 51.1 Å². The summed E-state index contributed by atoms with van der Waals surface area (Å²) in [7, 11) is 4.28. The molecule has 0 saturated heterocycles. The number of amidine groups is 1. The number of allylic oxidation sites excluding steroid dienone is 2. The first-order chi connectivity index (χ1) is 12.9. The molecule has 0 amide bonds. The molecule has 7 nitrogen and oxygen atoms in total. The number of carbonyl (C=O) groups is 2. The largest absolute Gasteiger partial charge is 0.497 e. The molecule has 1 aromatic carbocycles. The lowest BCUT2D eigenvalue weighted by Gasteiger charge is -2.35. The number of hydrogen-bond donors (Lipinski definition) is 0. The maximum absolute atomic E-state index is 12.5. The van der Waals surface area contributed by atoms with E-state index in [1.165, 1.54) is 26.0 Å². The lowest BCUT2D eigenvalue weighted by atomic mass is 9.94. The summed E-state index contributed by atoms with van der Waals surface area (Å²) in [5, 5.41) is 0.624. The third kappa shape index (κ3) is 3.21. The van der Waals surface area contributed by atoms with Crippen molar-refractivity contribution in [2.45, 2.75) is 19.9 Å². The highest BCUT2D eigenvalue weighted by Gasteiger charge is 2.43. The summed E-state index contributed by atoms with van der Waals surface area (Å²) in [6.45, 7) is 3.58. The zero-order chi connectivity index (χ0) is 19.7. The van der Waals surface area contributed by atoms with Crippen LogP contribution in [-0.2, 0) is 19.1 Å². The first-order valence-electron chi connectivity index (χ1n) is 8.20. The topological polar surface area (TPSA) is 77.4 Å². The second kappa shape index (κ2) is 7.48. The van der Waals surface area contributed by atoms with E-state index in [1.54, 1.807) is 14.0 Å². The Kier molecular flexibility index (Phi) is 5.27. The summed E-state index contributed by atoms with van der Waals surface area (Å²) in [5.74, 6) is -0.178. The molecule has 2 heterocycles. The van der Waals surface area contributed by atoms with Crippen molar-refractivity contribution in [2.75, 3.05) is 21.3 Å². The number of benzene rings is 1. The highest BCUT2D eigenvalue weighted by molar-refractivity contribution is 8.18. The van der Waals surface area contributed by atoms with Crippen molar-refractivity contribution in [2.24, 2.45) is 4.99 Å². The van der Waals surface area contributed by atoms with Crippen molar-refractivity contribution in [1.82, 2.24) is 4.90 Å². The summed E-state index contributed by atoms with van der Waals surface area (Å²) in [4.78, 5) is 31.5. The lowest BCUT2D eigenvalue weighted by molar-refractivity contribution is -0.137. The molecule has 0 saturated carbocycles. The molecule has 0 radical (unpaired) electrons. The third-order valence-electron chi connectivity index (χ3n) is 4.48. The maximum Gasteiger partial charge on any atom is 0.346 e. The fourth-order valence-electron chi connectivity index (χ4n) is 3.13. The van der Waals surface area contributed by atoms with E-state index < -0.39 is 18.0 Å². The maximum atomic E-state index is 12.5. The van der Waals surface area contributed by atoms with Crippen molar-refractivity contribution < 1.29 is 23.8 Å². The number of rotatable bonds is 4. The van der Waals surface area contributed by atoms with E-state index in [-0.39, 0.29) is 0 Å². The average Bonchev–Trinajstić information content (AvgIpc) is 3.01. The molecule has 0 bridgehead atoms. The van der Waals surface area contributed by atoms with Crippen LogP contribution in [0.3, 0.4) is 0 Å². The standard InChI is InChI=1S/C19H20N2O5S/c1-10-14(17(22)25-4)15(12-6-8-13(24-3)9-7-12)21-11(2)16(18(23)26-5)27-19(21)20-10/h6-9,15H,1-5H3/t15-/m0/s1. The molecule has 1 atom stereocenters. The van der Waals surface area contributed by atoms with E-state index >= 15 is 0 Å². The fraction of sp³-hybridized carbons (Fsp3) is 0.316. The Morgan fingerprint density at radius 2 is 1.67 bits per heavy atom. The Morgan fingerprint density at radius 1 is 1.04 bits per heavy atom. The van der Waals surface area contributed by atoms with Crippen molar-refractivity contribution >= 4 is 28.9 Å². The molecule has 8 heteroatoms. The van der Waals surface area contributed by atoms with Gasteiger partial charge in [-0.15, -0.1) is 0 Å². The molecule has 3 rings (SSSR count). The van der Waals surface area contributed by atoms with Crippen LogP contribution in [0.4, 0.5) is 0 Å². The predicted octanol–water partition coefficient (Wildman–Crippen LogP) is 3.01. The van der Waals surface area contributed by atoms with Gasteiger partial charge >= 0.3 is 11.9 Å². The van der Waals surface area contributed by atoms with Gasteiger partial charge in [0.25, 0.3) is 0 Å². The molecular formula is C19H20N2O5S. The van der Waals surface area contributed by atoms with E-state index in [0.717, 1.165) is 5.56 Å². The van der Waals surface area contributed by atoms with Gasteiger partial charge in [0.2, 0.25) is 0 Å². The van der Waals surface area contributed by atoms with Gasteiger partial charge in [-0.1, -0.05) is 12.1 Å². The fourth-order valence-corrected chi connectivity index (χ4v) is 4.25. The zero-order valence-electron chi connectivity index (χ0n) is 15.7. The Bertz CT molecular complexity index is 886. The minimum atomic E-state index is -0.467. The van der Waals surface area contributed by atoms with Gasteiger partial charge in [-0.2, -0.15) is 0 Å². The second-order valence-corrected chi connectivity index (χ2v) is 6.92. The monoisotopic (exact) mass is 388 g/mol. The van der Waals surface area contributed by atoms with Crippen LogP contribution < -0.4 is 4.74 Å². The third-order valence-corrected chi connectivity index (χ3v) is 5.62. The summed E-state index contributed by atoms with van der Waals surface area (Å²) in [5.41, 5.74) is 2.52. The molecule has 1 aromatic rings. The number of hydrogen-bond acceptors (Lipinski definition) is 8. The molecule has 2 aliphatic heterocycles. The highest BCUT2D eigenvalue weighted by Crippen LogP contribution is 2.47. The number of ether oxygens (including phenoxy) is 3. The molecule has 0 fully saturated rings. The van der Waals surface area contributed by atoms with Gasteiger partial charge in [0.1, 0.15) is 10.7 Å². The molecular weight excluding hydrogens is 368 g/mol. The number of methoxy groups -OCH3 is 3. The first-order valence-corrected chi connectivity index (χ1v) is 9.02. The van der Waals surface area contributed by atoms with Crippen molar-refractivity contribution in [3.05, 3.63) is 51.7 Å². The number of thioether (sulfide) groups is 1. The molecule has 0 aromatic heterocycles. The van der Waals surface area contributed by atoms with Crippen LogP contribution in [0.2, 0.25) is 0 Å². The van der Waals surface area contributed by atoms with Crippen LogP contribution in [0.1, 0.15) is 25.5 Å². The van der Waals surface area contributed by atoms with Gasteiger partial charge in [0.15, 0.2) is 5.17 Å². The molecule has 0 N–H and O–H groups in total. The lowest BCUT2D eigenvalue weighted by Crippen LogP contribution is -2.36. The number of carbonyl (C=O) groups excluding carboxylic acids is 2. The molecule has 0 unspecified atom stereocenters. The van der Waals surface area contributed by atoms with Crippen LogP contribution in [0.5, 0.6) is 5.75 Å². The Labute approximate surface area is 161 Å². The van der Waals surface area contributed by atoms with E-state index in [9.17, 15) is 9.59 Å². The van der Waals surface area contributed by atoms with Crippen LogP contribution >= 0.6 is 11.8 Å². The smallest absolute Gasteiger partial charge is 0.346 e. The van der Waals surface area contributed by atoms with Gasteiger partial charge in [-0.25, -0.2) is 14.6 Å². The molecule has 2 aliphatic rings. The van der Waals surface area contributed by atoms with Gasteiger partial charge in [-0.3, -0.25) is 0 Å². The summed E-state index contributed by atoms with van der Waals surface area (Å²) in [6.07, 6.45) is 0. The summed E-state index contributed by atoms with van der Waals surface area (Å²) >= 11 is 1.24. The summed E-state index contributed by atoms with van der Waals surface area (Å²) < 4.78 is 15.1. The first kappa shape index (κ1) is 19.0. The molecule has 0 spiro atoms. The molecule has 142 valence electrons. The van der Waals surface area contributed by atoms with E-state index in [4.69, 9.17) is 14.2 Å². The summed E-state index contributed by atoms with van der Waals surface area (Å²) in [6, 6.07) is 6.96. The van der Waals surface area contributed by atoms with Crippen LogP contribution in [-0.4, -0.2) is 43.3 Å². The second-order valence-electron chi connectivity index (χ2n) is 5.94. The Hall–Kier alpha value is -2.74. The normalized spacial score (nSPS) is 18.9. The van der Waals surface area contributed by atoms with Gasteiger partial charge in [0.05, 0.1) is 38.6 Å². The number of fused-ring (bicyclic) bond motifs is 1. The minimum Gasteiger partial charge on any atom is -0.497 e. The SMILES string of the molecule is COC(=O)C1=C(C)N2C(=NC(C)=C(C(=O)OC)[C@@H]2c2ccc(OC)cc2)S1. The zero-order valence-corrected chi connectivity index (χ0v) is 16.5. The average molecular weight is 388 g/mol. The molecule has 0 aliphatic carbocycles. The van der Waals surface area contributed by atoms with Gasteiger partial charge in [0, 0.05) is 5.70 Å². The number of aliphatic imine (C=N–C) groups is 1. The van der Waals surface area contributed by atoms with Crippen molar-refractivity contribution in [3.8, 4) is 5.75 Å². The van der Waals surface area contributed by atoms with Gasteiger partial charge < -0.3 is 19.1 Å². The quantitative estimate of drug-likeness (QED) is 0.734. The number of nitrogens with zero attached hydrogens (tertiary/aromatic N) is 2. The van der Waals surface area contributed by atoms with Crippen LogP contribution in [0.25, 0.3) is 0 Å². The van der Waals surface area contributed by atoms with Gasteiger partial charge in [-0.05, 0) is 43.3 Å².